The summed E-state index contributed by atoms with van der Waals surface area (Å²) in [7, 11) is 0. The first-order chi connectivity index (χ1) is 15.9. The van der Waals surface area contributed by atoms with Gasteiger partial charge in [-0.25, -0.2) is 18.7 Å². The third-order valence-electron chi connectivity index (χ3n) is 8.03. The zero-order chi connectivity index (χ0) is 22.8. The number of alkyl halides is 2. The highest BCUT2D eigenvalue weighted by Gasteiger charge is 2.53. The van der Waals surface area contributed by atoms with Crippen molar-refractivity contribution in [1.82, 2.24) is 25.5 Å². The largest absolute Gasteiger partial charge is 0.353 e. The molecule has 2 aliphatic heterocycles. The van der Waals surface area contributed by atoms with Gasteiger partial charge in [-0.3, -0.25) is 5.10 Å². The Morgan fingerprint density at radius 2 is 1.73 bits per heavy atom. The summed E-state index contributed by atoms with van der Waals surface area (Å²) in [4.78, 5) is 11.9. The number of nitrogens with one attached hydrogen (secondary N) is 2. The number of halogens is 2. The molecule has 1 unspecified atom stereocenters. The van der Waals surface area contributed by atoms with Crippen LogP contribution in [0.15, 0.2) is 24.3 Å². The number of piperidine rings is 2. The van der Waals surface area contributed by atoms with E-state index >= 15 is 0 Å². The zero-order valence-electron chi connectivity index (χ0n) is 18.7. The number of nitrogens with zero attached hydrogens (tertiary/aromatic N) is 4. The van der Waals surface area contributed by atoms with E-state index in [0.717, 1.165) is 37.3 Å². The average molecular weight is 454 g/mol. The maximum Gasteiger partial charge on any atom is 0.251 e. The molecule has 6 rings (SSSR count). The summed E-state index contributed by atoms with van der Waals surface area (Å²) in [5, 5.41) is 10.9. The molecule has 4 heterocycles. The molecule has 7 nitrogen and oxygen atoms in total. The summed E-state index contributed by atoms with van der Waals surface area (Å²) in [5.74, 6) is -1.93. The van der Waals surface area contributed by atoms with Gasteiger partial charge in [0, 0.05) is 43.3 Å². The smallest absolute Gasteiger partial charge is 0.251 e. The average Bonchev–Trinajstić information content (AvgIpc) is 3.31. The van der Waals surface area contributed by atoms with Gasteiger partial charge in [-0.15, -0.1) is 0 Å². The molecule has 0 bridgehead atoms. The summed E-state index contributed by atoms with van der Waals surface area (Å²) in [6, 6.07) is 8.39. The lowest BCUT2D eigenvalue weighted by Gasteiger charge is -2.42. The second kappa shape index (κ2) is 7.43. The van der Waals surface area contributed by atoms with Crippen LogP contribution >= 0.6 is 0 Å². The number of hydrogen-bond acceptors (Lipinski definition) is 6. The highest BCUT2D eigenvalue weighted by atomic mass is 19.3. The number of fused-ring (bicyclic) bond motifs is 2. The van der Waals surface area contributed by atoms with Crippen molar-refractivity contribution in [3.05, 3.63) is 46.8 Å². The predicted molar refractivity (Wildman–Crippen MR) is 123 cm³/mol. The molecule has 0 amide bonds. The molecule has 0 radical (unpaired) electrons. The molecule has 1 aliphatic carbocycles. The Morgan fingerprint density at radius 1 is 1.03 bits per heavy atom. The quantitative estimate of drug-likeness (QED) is 0.550. The Bertz CT molecular complexity index is 1190. The molecule has 174 valence electrons. The Balaban J connectivity index is 1.44. The number of nitrogens with two attached hydrogens (primary N) is 1. The Kier molecular flexibility index (Phi) is 4.71. The van der Waals surface area contributed by atoms with Crippen LogP contribution in [0.3, 0.4) is 0 Å². The molecule has 2 atom stereocenters. The first-order valence-corrected chi connectivity index (χ1v) is 11.8. The summed E-state index contributed by atoms with van der Waals surface area (Å²) in [6.07, 6.45) is 1.62. The number of aromatic amines is 1. The van der Waals surface area contributed by atoms with Crippen LogP contribution < -0.4 is 16.0 Å². The van der Waals surface area contributed by atoms with Crippen molar-refractivity contribution in [2.45, 2.75) is 50.5 Å². The normalized spacial score (nSPS) is 26.1. The van der Waals surface area contributed by atoms with Crippen molar-refractivity contribution in [3.8, 4) is 0 Å². The monoisotopic (exact) mass is 453 g/mol. The van der Waals surface area contributed by atoms with Crippen LogP contribution in [-0.4, -0.2) is 52.3 Å². The van der Waals surface area contributed by atoms with Gasteiger partial charge in [0.05, 0.1) is 11.4 Å². The summed E-state index contributed by atoms with van der Waals surface area (Å²) >= 11 is 0. The van der Waals surface area contributed by atoms with Crippen LogP contribution in [-0.2, 0) is 0 Å². The fraction of sp³-hybridized carbons (Fsp3) is 0.542. The Morgan fingerprint density at radius 3 is 2.45 bits per heavy atom. The lowest BCUT2D eigenvalue weighted by atomic mass is 9.66. The molecule has 2 saturated heterocycles. The molecule has 0 saturated carbocycles. The number of aryl methyl sites for hydroxylation is 1. The van der Waals surface area contributed by atoms with Gasteiger partial charge in [0.25, 0.3) is 5.92 Å². The van der Waals surface area contributed by atoms with Gasteiger partial charge in [-0.1, -0.05) is 24.3 Å². The summed E-state index contributed by atoms with van der Waals surface area (Å²) < 4.78 is 27.3. The lowest BCUT2D eigenvalue weighted by molar-refractivity contribution is -0.0221. The number of anilines is 1. The van der Waals surface area contributed by atoms with Crippen molar-refractivity contribution in [3.63, 3.8) is 0 Å². The van der Waals surface area contributed by atoms with Crippen LogP contribution in [0, 0.1) is 12.3 Å². The Hall–Kier alpha value is -2.65. The minimum absolute atomic E-state index is 0.0509. The van der Waals surface area contributed by atoms with Crippen molar-refractivity contribution < 1.29 is 8.78 Å². The van der Waals surface area contributed by atoms with E-state index in [-0.39, 0.29) is 43.3 Å². The molecule has 33 heavy (non-hydrogen) atoms. The standard InChI is InChI=1S/C24H29F2N7/c1-14-18(17-15-4-2-3-5-16(15)20(27)23(17)6-10-28-11-7-23)30-21-19(29-14)22(32-31-21)33-12-8-24(25,26)9-13-33/h2-5,17,20,28H,6-13,27H2,1H3,(H,30,31,32)/t17?,20-/m1/s1. The van der Waals surface area contributed by atoms with E-state index in [1.165, 1.54) is 11.1 Å². The van der Waals surface area contributed by atoms with Gasteiger partial charge in [-0.05, 0) is 44.0 Å². The van der Waals surface area contributed by atoms with Crippen molar-refractivity contribution >= 4 is 17.0 Å². The van der Waals surface area contributed by atoms with Gasteiger partial charge in [0.2, 0.25) is 0 Å². The third kappa shape index (κ3) is 3.16. The molecule has 1 spiro atoms. The van der Waals surface area contributed by atoms with Crippen molar-refractivity contribution in [1.29, 1.82) is 0 Å². The van der Waals surface area contributed by atoms with E-state index in [1.807, 2.05) is 11.8 Å². The second-order valence-corrected chi connectivity index (χ2v) is 9.80. The van der Waals surface area contributed by atoms with E-state index in [4.69, 9.17) is 15.7 Å². The molecule has 3 aliphatic rings. The number of H-pyrrole nitrogens is 1. The molecular weight excluding hydrogens is 424 g/mol. The zero-order valence-corrected chi connectivity index (χ0v) is 18.7. The van der Waals surface area contributed by atoms with Crippen LogP contribution in [0.1, 0.15) is 60.2 Å². The number of hydrogen-bond donors (Lipinski definition) is 3. The van der Waals surface area contributed by atoms with Crippen LogP contribution in [0.5, 0.6) is 0 Å². The van der Waals surface area contributed by atoms with E-state index in [1.54, 1.807) is 0 Å². The van der Waals surface area contributed by atoms with E-state index < -0.39 is 5.92 Å². The van der Waals surface area contributed by atoms with Crippen LogP contribution in [0.2, 0.25) is 0 Å². The number of rotatable bonds is 2. The SMILES string of the molecule is Cc1nc2c(N3CCC(F)(F)CC3)n[nH]c2nc1C1c2ccccc2[C@@H](N)C12CCNCC2. The first kappa shape index (κ1) is 20.9. The molecule has 1 aromatic carbocycles. The fourth-order valence-electron chi connectivity index (χ4n) is 6.23. The second-order valence-electron chi connectivity index (χ2n) is 9.80. The maximum absolute atomic E-state index is 13.7. The van der Waals surface area contributed by atoms with Gasteiger partial charge in [0.1, 0.15) is 0 Å². The van der Waals surface area contributed by atoms with E-state index in [9.17, 15) is 8.78 Å². The van der Waals surface area contributed by atoms with Gasteiger partial charge < -0.3 is 16.0 Å². The van der Waals surface area contributed by atoms with Crippen molar-refractivity contribution in [2.24, 2.45) is 11.1 Å². The van der Waals surface area contributed by atoms with Gasteiger partial charge in [0.15, 0.2) is 17.0 Å². The minimum atomic E-state index is -2.60. The Labute approximate surface area is 191 Å². The van der Waals surface area contributed by atoms with Crippen molar-refractivity contribution in [2.75, 3.05) is 31.1 Å². The topological polar surface area (TPSA) is 95.8 Å². The number of aromatic nitrogens is 4. The van der Waals surface area contributed by atoms with Crippen LogP contribution in [0.4, 0.5) is 14.6 Å². The lowest BCUT2D eigenvalue weighted by Crippen LogP contribution is -2.44. The molecule has 2 aromatic heterocycles. The van der Waals surface area contributed by atoms with E-state index in [2.05, 4.69) is 39.8 Å². The van der Waals surface area contributed by atoms with E-state index in [0.29, 0.717) is 17.0 Å². The fourth-order valence-corrected chi connectivity index (χ4v) is 6.23. The first-order valence-electron chi connectivity index (χ1n) is 11.8. The van der Waals surface area contributed by atoms with Gasteiger partial charge in [-0.2, -0.15) is 5.10 Å². The maximum atomic E-state index is 13.7. The molecule has 2 fully saturated rings. The molecule has 4 N–H and O–H groups in total. The molecular formula is C24H29F2N7. The summed E-state index contributed by atoms with van der Waals surface area (Å²) in [5.41, 5.74) is 12.3. The third-order valence-corrected chi connectivity index (χ3v) is 8.03. The number of benzene rings is 1. The summed E-state index contributed by atoms with van der Waals surface area (Å²) in [6.45, 7) is 4.37. The molecule has 9 heteroatoms. The molecule has 3 aromatic rings. The minimum Gasteiger partial charge on any atom is -0.353 e. The highest BCUT2D eigenvalue weighted by Crippen LogP contribution is 2.60. The van der Waals surface area contributed by atoms with Crippen LogP contribution in [0.25, 0.3) is 11.2 Å². The van der Waals surface area contributed by atoms with Gasteiger partial charge >= 0.3 is 0 Å². The highest BCUT2D eigenvalue weighted by molar-refractivity contribution is 5.84. The predicted octanol–water partition coefficient (Wildman–Crippen LogP) is 3.41.